The van der Waals surface area contributed by atoms with Gasteiger partial charge in [0.1, 0.15) is 5.15 Å². The first kappa shape index (κ1) is 10.2. The van der Waals surface area contributed by atoms with Gasteiger partial charge in [0, 0.05) is 17.5 Å². The fourth-order valence-electron chi connectivity index (χ4n) is 1.69. The van der Waals surface area contributed by atoms with Gasteiger partial charge in [-0.2, -0.15) is 0 Å². The van der Waals surface area contributed by atoms with Gasteiger partial charge in [0.15, 0.2) is 11.5 Å². The van der Waals surface area contributed by atoms with Crippen molar-refractivity contribution in [3.05, 3.63) is 41.6 Å². The molecule has 17 heavy (non-hydrogen) atoms. The van der Waals surface area contributed by atoms with Crippen molar-refractivity contribution in [2.24, 2.45) is 0 Å². The normalized spacial score (nSPS) is 10.9. The molecule has 0 atom stereocenters. The number of nitrogens with zero attached hydrogens (tertiary/aromatic N) is 5. The second kappa shape index (κ2) is 3.78. The van der Waals surface area contributed by atoms with Crippen molar-refractivity contribution in [3.8, 4) is 11.4 Å². The number of hydrogen-bond acceptors (Lipinski definition) is 4. The third kappa shape index (κ3) is 1.64. The predicted molar refractivity (Wildman–Crippen MR) is 63.8 cm³/mol. The van der Waals surface area contributed by atoms with E-state index in [-0.39, 0.29) is 0 Å². The maximum absolute atomic E-state index is 6.10. The standard InChI is InChI=1S/C11H8ClN5/c1-7-4-8(2-3-14-7)11-16-15-10-6-13-5-9(12)17(10)11/h2-6H,1H3. The molecule has 0 fully saturated rings. The van der Waals surface area contributed by atoms with Crippen LogP contribution in [0.15, 0.2) is 30.7 Å². The largest absolute Gasteiger partial charge is 0.262 e. The Kier molecular flexibility index (Phi) is 2.26. The smallest absolute Gasteiger partial charge is 0.180 e. The maximum atomic E-state index is 6.10. The van der Waals surface area contributed by atoms with Crippen LogP contribution in [0, 0.1) is 6.92 Å². The number of fused-ring (bicyclic) bond motifs is 1. The monoisotopic (exact) mass is 245 g/mol. The fraction of sp³-hybridized carbons (Fsp3) is 0.0909. The van der Waals surface area contributed by atoms with Gasteiger partial charge in [-0.3, -0.25) is 14.4 Å². The molecule has 0 aliphatic carbocycles. The minimum Gasteiger partial charge on any atom is -0.262 e. The molecule has 0 spiro atoms. The molecule has 6 heteroatoms. The van der Waals surface area contributed by atoms with Crippen LogP contribution in [0.25, 0.3) is 17.0 Å². The lowest BCUT2D eigenvalue weighted by Crippen LogP contribution is -1.93. The van der Waals surface area contributed by atoms with Crippen LogP contribution in [0.1, 0.15) is 5.69 Å². The molecule has 0 unspecified atom stereocenters. The van der Waals surface area contributed by atoms with Crippen LogP contribution in [0.2, 0.25) is 5.15 Å². The molecule has 0 saturated carbocycles. The molecule has 0 radical (unpaired) electrons. The highest BCUT2D eigenvalue weighted by atomic mass is 35.5. The summed E-state index contributed by atoms with van der Waals surface area (Å²) in [6.45, 7) is 1.93. The zero-order valence-corrected chi connectivity index (χ0v) is 9.76. The summed E-state index contributed by atoms with van der Waals surface area (Å²) in [4.78, 5) is 8.12. The van der Waals surface area contributed by atoms with E-state index in [0.717, 1.165) is 11.3 Å². The number of aromatic nitrogens is 5. The van der Waals surface area contributed by atoms with E-state index in [1.54, 1.807) is 23.0 Å². The highest BCUT2D eigenvalue weighted by Crippen LogP contribution is 2.21. The first-order valence-electron chi connectivity index (χ1n) is 5.03. The lowest BCUT2D eigenvalue weighted by atomic mass is 10.2. The molecule has 0 saturated heterocycles. The van der Waals surface area contributed by atoms with E-state index < -0.39 is 0 Å². The highest BCUT2D eigenvalue weighted by Gasteiger charge is 2.10. The van der Waals surface area contributed by atoms with Gasteiger partial charge in [-0.15, -0.1) is 10.2 Å². The van der Waals surface area contributed by atoms with Crippen molar-refractivity contribution in [1.29, 1.82) is 0 Å². The fourth-order valence-corrected chi connectivity index (χ4v) is 1.91. The van der Waals surface area contributed by atoms with Crippen LogP contribution < -0.4 is 0 Å². The molecule has 0 aliphatic heterocycles. The topological polar surface area (TPSA) is 56.0 Å². The Labute approximate surface area is 102 Å². The van der Waals surface area contributed by atoms with Gasteiger partial charge in [0.05, 0.1) is 12.4 Å². The van der Waals surface area contributed by atoms with Gasteiger partial charge >= 0.3 is 0 Å². The van der Waals surface area contributed by atoms with Crippen LogP contribution in [-0.2, 0) is 0 Å². The summed E-state index contributed by atoms with van der Waals surface area (Å²) in [7, 11) is 0. The number of aryl methyl sites for hydroxylation is 1. The summed E-state index contributed by atoms with van der Waals surface area (Å²) in [6, 6.07) is 3.81. The van der Waals surface area contributed by atoms with Crippen LogP contribution in [0.4, 0.5) is 0 Å². The molecule has 5 nitrogen and oxygen atoms in total. The van der Waals surface area contributed by atoms with E-state index in [0.29, 0.717) is 16.6 Å². The zero-order valence-electron chi connectivity index (χ0n) is 9.00. The average molecular weight is 246 g/mol. The number of hydrogen-bond donors (Lipinski definition) is 0. The number of rotatable bonds is 1. The van der Waals surface area contributed by atoms with E-state index in [4.69, 9.17) is 11.6 Å². The summed E-state index contributed by atoms with van der Waals surface area (Å²) in [5.74, 6) is 0.693. The van der Waals surface area contributed by atoms with Crippen LogP contribution >= 0.6 is 11.6 Å². The van der Waals surface area contributed by atoms with Gasteiger partial charge in [0.25, 0.3) is 0 Å². The molecule has 3 heterocycles. The molecule has 84 valence electrons. The maximum Gasteiger partial charge on any atom is 0.180 e. The Balaban J connectivity index is 2.31. The van der Waals surface area contributed by atoms with Crippen molar-refractivity contribution in [3.63, 3.8) is 0 Å². The summed E-state index contributed by atoms with van der Waals surface area (Å²) in [5.41, 5.74) is 2.48. The lowest BCUT2D eigenvalue weighted by molar-refractivity contribution is 1.10. The van der Waals surface area contributed by atoms with Crippen molar-refractivity contribution in [1.82, 2.24) is 24.6 Å². The number of halogens is 1. The molecular weight excluding hydrogens is 238 g/mol. The molecule has 3 aromatic rings. The molecule has 0 bridgehead atoms. The van der Waals surface area contributed by atoms with Gasteiger partial charge < -0.3 is 0 Å². The van der Waals surface area contributed by atoms with Crippen LogP contribution in [-0.4, -0.2) is 24.6 Å². The SMILES string of the molecule is Cc1cc(-c2nnc3cncc(Cl)n23)ccn1. The van der Waals surface area contributed by atoms with Crippen molar-refractivity contribution in [2.45, 2.75) is 6.92 Å². The molecule has 0 amide bonds. The van der Waals surface area contributed by atoms with Crippen molar-refractivity contribution >= 4 is 17.2 Å². The minimum absolute atomic E-state index is 0.483. The van der Waals surface area contributed by atoms with Gasteiger partial charge in [-0.1, -0.05) is 11.6 Å². The summed E-state index contributed by atoms with van der Waals surface area (Å²) in [6.07, 6.45) is 4.92. The second-order valence-electron chi connectivity index (χ2n) is 3.63. The molecule has 0 N–H and O–H groups in total. The molecule has 0 aliphatic rings. The van der Waals surface area contributed by atoms with E-state index >= 15 is 0 Å². The van der Waals surface area contributed by atoms with Crippen LogP contribution in [0.3, 0.4) is 0 Å². The summed E-state index contributed by atoms with van der Waals surface area (Å²) >= 11 is 6.10. The third-order valence-corrected chi connectivity index (χ3v) is 2.69. The van der Waals surface area contributed by atoms with E-state index in [1.807, 2.05) is 19.1 Å². The summed E-state index contributed by atoms with van der Waals surface area (Å²) in [5, 5.41) is 8.64. The van der Waals surface area contributed by atoms with Gasteiger partial charge in [-0.05, 0) is 19.1 Å². The first-order valence-corrected chi connectivity index (χ1v) is 5.41. The van der Waals surface area contributed by atoms with Gasteiger partial charge in [-0.25, -0.2) is 0 Å². The molecular formula is C11H8ClN5. The third-order valence-electron chi connectivity index (χ3n) is 2.43. The van der Waals surface area contributed by atoms with Gasteiger partial charge in [0.2, 0.25) is 0 Å². The number of pyridine rings is 1. The Morgan fingerprint density at radius 1 is 1.24 bits per heavy atom. The molecule has 3 aromatic heterocycles. The Morgan fingerprint density at radius 3 is 2.94 bits per heavy atom. The Hall–Kier alpha value is -2.01. The summed E-state index contributed by atoms with van der Waals surface area (Å²) < 4.78 is 1.75. The highest BCUT2D eigenvalue weighted by molar-refractivity contribution is 6.29. The zero-order chi connectivity index (χ0) is 11.8. The Morgan fingerprint density at radius 2 is 2.12 bits per heavy atom. The lowest BCUT2D eigenvalue weighted by Gasteiger charge is -2.02. The molecule has 3 rings (SSSR count). The van der Waals surface area contributed by atoms with E-state index in [2.05, 4.69) is 20.2 Å². The quantitative estimate of drug-likeness (QED) is 0.659. The van der Waals surface area contributed by atoms with Crippen LogP contribution in [0.5, 0.6) is 0 Å². The Bertz CT molecular complexity index is 691. The van der Waals surface area contributed by atoms with Crippen molar-refractivity contribution in [2.75, 3.05) is 0 Å². The minimum atomic E-state index is 0.483. The molecule has 0 aromatic carbocycles. The average Bonchev–Trinajstić information content (AvgIpc) is 2.74. The van der Waals surface area contributed by atoms with Crippen molar-refractivity contribution < 1.29 is 0 Å². The second-order valence-corrected chi connectivity index (χ2v) is 4.02. The van der Waals surface area contributed by atoms with E-state index in [9.17, 15) is 0 Å². The first-order chi connectivity index (χ1) is 8.25. The van der Waals surface area contributed by atoms with E-state index in [1.165, 1.54) is 0 Å². The predicted octanol–water partition coefficient (Wildman–Crippen LogP) is 2.15.